The van der Waals surface area contributed by atoms with Crippen LogP contribution in [0.4, 0.5) is 4.39 Å². The smallest absolute Gasteiger partial charge is 0.302 e. The molecular weight excluding hydrogens is 271 g/mol. The monoisotopic (exact) mass is 296 g/mol. The van der Waals surface area contributed by atoms with E-state index in [1.807, 2.05) is 6.07 Å². The molecule has 4 heteroatoms. The highest BCUT2D eigenvalue weighted by molar-refractivity contribution is 5.65. The Labute approximate surface area is 126 Å². The molecule has 0 spiro atoms. The highest BCUT2D eigenvalue weighted by Crippen LogP contribution is 2.22. The van der Waals surface area contributed by atoms with Crippen LogP contribution in [0.3, 0.4) is 0 Å². The molecule has 0 saturated heterocycles. The number of carbonyl (C=O) groups is 1. The number of rotatable bonds is 9. The minimum absolute atomic E-state index is 0.270. The van der Waals surface area contributed by atoms with Crippen molar-refractivity contribution in [2.24, 2.45) is 5.92 Å². The normalized spacial score (nSPS) is 12.0. The molecule has 118 valence electrons. The summed E-state index contributed by atoms with van der Waals surface area (Å²) in [5.74, 6) is 0.194. The van der Waals surface area contributed by atoms with Gasteiger partial charge in [-0.3, -0.25) is 4.79 Å². The first-order valence-electron chi connectivity index (χ1n) is 7.58. The lowest BCUT2D eigenvalue weighted by atomic mass is 10.1. The number of aryl methyl sites for hydroxylation is 1. The molecule has 0 heterocycles. The molecule has 1 aromatic carbocycles. The highest BCUT2D eigenvalue weighted by atomic mass is 19.1. The van der Waals surface area contributed by atoms with Gasteiger partial charge in [0.15, 0.2) is 11.6 Å². The van der Waals surface area contributed by atoms with Gasteiger partial charge in [0.05, 0.1) is 13.2 Å². The third-order valence-corrected chi connectivity index (χ3v) is 3.41. The third kappa shape index (κ3) is 6.61. The van der Waals surface area contributed by atoms with Crippen molar-refractivity contribution in [3.63, 3.8) is 0 Å². The van der Waals surface area contributed by atoms with E-state index in [1.165, 1.54) is 6.92 Å². The first-order valence-corrected chi connectivity index (χ1v) is 7.58. The van der Waals surface area contributed by atoms with Crippen molar-refractivity contribution < 1.29 is 18.7 Å². The molecule has 0 aliphatic carbocycles. The topological polar surface area (TPSA) is 35.5 Å². The number of carbonyl (C=O) groups excluding carboxylic acids is 1. The quantitative estimate of drug-likeness (QED) is 0.507. The fraction of sp³-hybridized carbons (Fsp3) is 0.588. The zero-order chi connectivity index (χ0) is 15.7. The first kappa shape index (κ1) is 17.5. The molecule has 0 bridgehead atoms. The molecular formula is C17H25FO3. The third-order valence-electron chi connectivity index (χ3n) is 3.41. The van der Waals surface area contributed by atoms with Gasteiger partial charge in [-0.1, -0.05) is 32.4 Å². The lowest BCUT2D eigenvalue weighted by Gasteiger charge is -2.13. The average molecular weight is 296 g/mol. The van der Waals surface area contributed by atoms with Crippen LogP contribution in [0.15, 0.2) is 18.2 Å². The molecule has 3 nitrogen and oxygen atoms in total. The Kier molecular flexibility index (Phi) is 7.80. The van der Waals surface area contributed by atoms with Crippen molar-refractivity contribution in [2.75, 3.05) is 13.2 Å². The van der Waals surface area contributed by atoms with Crippen LogP contribution in [-0.2, 0) is 16.0 Å². The summed E-state index contributed by atoms with van der Waals surface area (Å²) in [6.45, 7) is 6.48. The molecule has 1 atom stereocenters. The molecule has 0 N–H and O–H groups in total. The van der Waals surface area contributed by atoms with E-state index < -0.39 is 0 Å². The molecule has 0 amide bonds. The van der Waals surface area contributed by atoms with Crippen LogP contribution in [0.2, 0.25) is 0 Å². The Bertz CT molecular complexity index is 446. The second kappa shape index (κ2) is 9.37. The molecule has 0 aliphatic rings. The zero-order valence-corrected chi connectivity index (χ0v) is 13.2. The summed E-state index contributed by atoms with van der Waals surface area (Å²) in [4.78, 5) is 10.6. The van der Waals surface area contributed by atoms with Gasteiger partial charge in [0.1, 0.15) is 0 Å². The SMILES string of the molecule is CCC(C)COc1cccc(CCCCOC(C)=O)c1F. The molecule has 1 rings (SSSR count). The predicted octanol–water partition coefficient (Wildman–Crippen LogP) is 4.14. The lowest BCUT2D eigenvalue weighted by molar-refractivity contribution is -0.141. The van der Waals surface area contributed by atoms with E-state index in [0.29, 0.717) is 36.9 Å². The second-order valence-corrected chi connectivity index (χ2v) is 5.35. The van der Waals surface area contributed by atoms with E-state index in [-0.39, 0.29) is 11.8 Å². The average Bonchev–Trinajstić information content (AvgIpc) is 2.46. The fourth-order valence-corrected chi connectivity index (χ4v) is 1.84. The number of esters is 1. The predicted molar refractivity (Wildman–Crippen MR) is 80.9 cm³/mol. The summed E-state index contributed by atoms with van der Waals surface area (Å²) in [7, 11) is 0. The van der Waals surface area contributed by atoms with Crippen molar-refractivity contribution in [1.29, 1.82) is 0 Å². The molecule has 1 aromatic rings. The minimum atomic E-state index is -0.276. The summed E-state index contributed by atoms with van der Waals surface area (Å²) in [6, 6.07) is 5.26. The van der Waals surface area contributed by atoms with Crippen LogP contribution in [-0.4, -0.2) is 19.2 Å². The van der Waals surface area contributed by atoms with Gasteiger partial charge in [0.2, 0.25) is 0 Å². The Balaban J connectivity index is 2.46. The summed E-state index contributed by atoms with van der Waals surface area (Å²) < 4.78 is 24.7. The van der Waals surface area contributed by atoms with Crippen LogP contribution in [0.25, 0.3) is 0 Å². The molecule has 21 heavy (non-hydrogen) atoms. The highest BCUT2D eigenvalue weighted by Gasteiger charge is 2.10. The van der Waals surface area contributed by atoms with Crippen molar-refractivity contribution in [2.45, 2.75) is 46.5 Å². The summed E-state index contributed by atoms with van der Waals surface area (Å²) in [6.07, 6.45) is 3.14. The summed E-state index contributed by atoms with van der Waals surface area (Å²) >= 11 is 0. The number of hydrogen-bond donors (Lipinski definition) is 0. The second-order valence-electron chi connectivity index (χ2n) is 5.35. The number of halogens is 1. The van der Waals surface area contributed by atoms with Gasteiger partial charge in [-0.25, -0.2) is 4.39 Å². The van der Waals surface area contributed by atoms with Crippen LogP contribution >= 0.6 is 0 Å². The molecule has 0 fully saturated rings. The first-order chi connectivity index (χ1) is 10.0. The molecule has 0 saturated carbocycles. The molecule has 1 unspecified atom stereocenters. The molecule has 0 radical (unpaired) electrons. The van der Waals surface area contributed by atoms with Crippen molar-refractivity contribution in [1.82, 2.24) is 0 Å². The van der Waals surface area contributed by atoms with E-state index in [9.17, 15) is 9.18 Å². The fourth-order valence-electron chi connectivity index (χ4n) is 1.84. The largest absolute Gasteiger partial charge is 0.490 e. The Morgan fingerprint density at radius 1 is 1.33 bits per heavy atom. The van der Waals surface area contributed by atoms with Gasteiger partial charge in [-0.2, -0.15) is 0 Å². The Hall–Kier alpha value is -1.58. The van der Waals surface area contributed by atoms with Gasteiger partial charge in [0, 0.05) is 6.92 Å². The zero-order valence-electron chi connectivity index (χ0n) is 13.2. The summed E-state index contributed by atoms with van der Waals surface area (Å²) in [5, 5.41) is 0. The van der Waals surface area contributed by atoms with Gasteiger partial charge in [0.25, 0.3) is 0 Å². The van der Waals surface area contributed by atoms with E-state index in [0.717, 1.165) is 19.3 Å². The van der Waals surface area contributed by atoms with Crippen LogP contribution in [0.5, 0.6) is 5.75 Å². The van der Waals surface area contributed by atoms with Crippen LogP contribution < -0.4 is 4.74 Å². The van der Waals surface area contributed by atoms with Crippen molar-refractivity contribution in [3.8, 4) is 5.75 Å². The van der Waals surface area contributed by atoms with Crippen LogP contribution in [0.1, 0.15) is 45.6 Å². The van der Waals surface area contributed by atoms with E-state index in [2.05, 4.69) is 13.8 Å². The minimum Gasteiger partial charge on any atom is -0.490 e. The molecule has 0 aliphatic heterocycles. The van der Waals surface area contributed by atoms with Gasteiger partial charge in [-0.15, -0.1) is 0 Å². The maximum absolute atomic E-state index is 14.3. The Morgan fingerprint density at radius 3 is 2.76 bits per heavy atom. The van der Waals surface area contributed by atoms with Crippen molar-refractivity contribution in [3.05, 3.63) is 29.6 Å². The maximum Gasteiger partial charge on any atom is 0.302 e. The van der Waals surface area contributed by atoms with Crippen LogP contribution in [0, 0.1) is 11.7 Å². The number of unbranched alkanes of at least 4 members (excludes halogenated alkanes) is 1. The Morgan fingerprint density at radius 2 is 2.10 bits per heavy atom. The van der Waals surface area contributed by atoms with E-state index in [1.54, 1.807) is 12.1 Å². The standard InChI is InChI=1S/C17H25FO3/c1-4-13(2)12-21-16-10-7-9-15(17(16)18)8-5-6-11-20-14(3)19/h7,9-10,13H,4-6,8,11-12H2,1-3H3. The maximum atomic E-state index is 14.3. The lowest BCUT2D eigenvalue weighted by Crippen LogP contribution is -2.09. The van der Waals surface area contributed by atoms with Crippen molar-refractivity contribution >= 4 is 5.97 Å². The van der Waals surface area contributed by atoms with E-state index in [4.69, 9.17) is 9.47 Å². The van der Waals surface area contributed by atoms with E-state index >= 15 is 0 Å². The molecule has 0 aromatic heterocycles. The van der Waals surface area contributed by atoms with Gasteiger partial charge in [-0.05, 0) is 36.8 Å². The van der Waals surface area contributed by atoms with Gasteiger partial charge < -0.3 is 9.47 Å². The number of benzene rings is 1. The van der Waals surface area contributed by atoms with Gasteiger partial charge >= 0.3 is 5.97 Å². The number of hydrogen-bond acceptors (Lipinski definition) is 3. The number of ether oxygens (including phenoxy) is 2. The summed E-state index contributed by atoms with van der Waals surface area (Å²) in [5.41, 5.74) is 0.652.